The fraction of sp³-hybridized carbons (Fsp3) is 0.200. The van der Waals surface area contributed by atoms with Crippen molar-refractivity contribution in [1.82, 2.24) is 29.6 Å². The molecule has 0 aliphatic rings. The van der Waals surface area contributed by atoms with E-state index >= 15 is 0 Å². The Morgan fingerprint density at radius 2 is 1.96 bits per heavy atom. The van der Waals surface area contributed by atoms with Gasteiger partial charge in [0.1, 0.15) is 10.7 Å². The summed E-state index contributed by atoms with van der Waals surface area (Å²) in [7, 11) is 1.90. The highest BCUT2D eigenvalue weighted by molar-refractivity contribution is 7.13. The van der Waals surface area contributed by atoms with Crippen LogP contribution in [-0.2, 0) is 20.1 Å². The molecule has 4 rings (SSSR count). The fourth-order valence-electron chi connectivity index (χ4n) is 3.06. The van der Waals surface area contributed by atoms with Gasteiger partial charge in [-0.3, -0.25) is 19.4 Å². The molecule has 0 radical (unpaired) electrons. The Balaban J connectivity index is 1.48. The number of nitrogens with one attached hydrogen (secondary N) is 1. The van der Waals surface area contributed by atoms with Crippen LogP contribution in [0.3, 0.4) is 0 Å². The Morgan fingerprint density at radius 3 is 2.71 bits per heavy atom. The molecule has 0 spiro atoms. The molecule has 142 valence electrons. The van der Waals surface area contributed by atoms with Crippen molar-refractivity contribution in [3.05, 3.63) is 81.6 Å². The number of nitrogens with zero attached hydrogens (tertiary/aromatic N) is 5. The van der Waals surface area contributed by atoms with Gasteiger partial charge >= 0.3 is 0 Å². The molecule has 0 atom stereocenters. The molecule has 3 heterocycles. The third kappa shape index (κ3) is 3.51. The number of aromatic nitrogens is 5. The molecule has 0 unspecified atom stereocenters. The van der Waals surface area contributed by atoms with Crippen LogP contribution in [0.25, 0.3) is 16.4 Å². The molecule has 1 aromatic carbocycles. The van der Waals surface area contributed by atoms with E-state index in [2.05, 4.69) is 20.3 Å². The Bertz CT molecular complexity index is 1130. The summed E-state index contributed by atoms with van der Waals surface area (Å²) in [6.07, 6.45) is 5.00. The first-order valence-electron chi connectivity index (χ1n) is 8.89. The predicted octanol–water partition coefficient (Wildman–Crippen LogP) is 2.69. The smallest absolute Gasteiger partial charge is 0.276 e. The van der Waals surface area contributed by atoms with Crippen LogP contribution in [0, 0.1) is 6.92 Å². The molecule has 0 saturated carbocycles. The van der Waals surface area contributed by atoms with Crippen molar-refractivity contribution >= 4 is 11.3 Å². The molecular weight excluding hydrogens is 372 g/mol. The molecular formula is C20H20N6OS. The van der Waals surface area contributed by atoms with Crippen molar-refractivity contribution < 1.29 is 0 Å². The lowest BCUT2D eigenvalue weighted by Gasteiger charge is -2.07. The van der Waals surface area contributed by atoms with Crippen molar-refractivity contribution in [1.29, 1.82) is 0 Å². The Morgan fingerprint density at radius 1 is 1.14 bits per heavy atom. The van der Waals surface area contributed by atoms with Gasteiger partial charge in [-0.1, -0.05) is 18.2 Å². The maximum absolute atomic E-state index is 12.9. The minimum absolute atomic E-state index is 0.00257. The lowest BCUT2D eigenvalue weighted by atomic mass is 10.2. The van der Waals surface area contributed by atoms with E-state index in [1.807, 2.05) is 54.4 Å². The topological polar surface area (TPSA) is 77.6 Å². The summed E-state index contributed by atoms with van der Waals surface area (Å²) < 4.78 is 3.59. The number of hydrogen-bond donors (Lipinski definition) is 1. The van der Waals surface area contributed by atoms with Gasteiger partial charge in [-0.25, -0.2) is 9.67 Å². The van der Waals surface area contributed by atoms with E-state index < -0.39 is 0 Å². The third-order valence-corrected chi connectivity index (χ3v) is 5.53. The van der Waals surface area contributed by atoms with Gasteiger partial charge in [-0.15, -0.1) is 11.3 Å². The van der Waals surface area contributed by atoms with Crippen molar-refractivity contribution in [2.45, 2.75) is 20.0 Å². The highest BCUT2D eigenvalue weighted by Gasteiger charge is 2.15. The molecule has 0 bridgehead atoms. The van der Waals surface area contributed by atoms with E-state index in [9.17, 15) is 4.79 Å². The minimum atomic E-state index is -0.00257. The van der Waals surface area contributed by atoms with Gasteiger partial charge in [0.2, 0.25) is 0 Å². The predicted molar refractivity (Wildman–Crippen MR) is 109 cm³/mol. The normalized spacial score (nSPS) is 11.1. The third-order valence-electron chi connectivity index (χ3n) is 4.62. The summed E-state index contributed by atoms with van der Waals surface area (Å²) in [6, 6.07) is 9.66. The molecule has 0 aliphatic heterocycles. The lowest BCUT2D eigenvalue weighted by molar-refractivity contribution is 0.629. The van der Waals surface area contributed by atoms with Crippen LogP contribution >= 0.6 is 11.3 Å². The standard InChI is InChI=1S/C20H20N6OS/c1-14-17(20(27)26(25(14)2)16-6-4-3-5-7-16)11-22-10-15-13-28-19(24-15)18-12-21-8-9-23-18/h3-9,12-13,22H,10-11H2,1-2H3. The summed E-state index contributed by atoms with van der Waals surface area (Å²) >= 11 is 1.54. The van der Waals surface area contributed by atoms with Crippen molar-refractivity contribution in [2.24, 2.45) is 7.05 Å². The van der Waals surface area contributed by atoms with Crippen LogP contribution in [0.4, 0.5) is 0 Å². The van der Waals surface area contributed by atoms with Crippen LogP contribution in [0.15, 0.2) is 59.1 Å². The van der Waals surface area contributed by atoms with E-state index in [0.29, 0.717) is 13.1 Å². The molecule has 7 nitrogen and oxygen atoms in total. The molecule has 28 heavy (non-hydrogen) atoms. The first-order chi connectivity index (χ1) is 13.6. The van der Waals surface area contributed by atoms with E-state index in [4.69, 9.17) is 0 Å². The van der Waals surface area contributed by atoms with Crippen LogP contribution < -0.4 is 10.9 Å². The number of benzene rings is 1. The molecule has 8 heteroatoms. The monoisotopic (exact) mass is 392 g/mol. The van der Waals surface area contributed by atoms with E-state index in [-0.39, 0.29) is 5.56 Å². The molecule has 3 aromatic heterocycles. The quantitative estimate of drug-likeness (QED) is 0.546. The van der Waals surface area contributed by atoms with E-state index in [1.54, 1.807) is 23.3 Å². The van der Waals surface area contributed by atoms with E-state index in [1.165, 1.54) is 11.3 Å². The summed E-state index contributed by atoms with van der Waals surface area (Å²) in [5.74, 6) is 0. The van der Waals surface area contributed by atoms with Crippen LogP contribution in [-0.4, -0.2) is 24.3 Å². The largest absolute Gasteiger partial charge is 0.307 e. The summed E-state index contributed by atoms with van der Waals surface area (Å²) in [4.78, 5) is 25.9. The first kappa shape index (κ1) is 18.3. The Hall–Kier alpha value is -3.10. The Labute approximate surface area is 166 Å². The second-order valence-corrected chi connectivity index (χ2v) is 7.24. The highest BCUT2D eigenvalue weighted by Crippen LogP contribution is 2.20. The zero-order valence-corrected chi connectivity index (χ0v) is 16.5. The van der Waals surface area contributed by atoms with Gasteiger partial charge in [0.25, 0.3) is 5.56 Å². The fourth-order valence-corrected chi connectivity index (χ4v) is 3.84. The highest BCUT2D eigenvalue weighted by atomic mass is 32.1. The van der Waals surface area contributed by atoms with Crippen LogP contribution in [0.1, 0.15) is 17.0 Å². The van der Waals surface area contributed by atoms with Gasteiger partial charge in [0.05, 0.1) is 23.1 Å². The maximum Gasteiger partial charge on any atom is 0.276 e. The molecule has 0 aliphatic carbocycles. The number of thiazole rings is 1. The molecule has 0 fully saturated rings. The first-order valence-corrected chi connectivity index (χ1v) is 9.77. The van der Waals surface area contributed by atoms with Crippen molar-refractivity contribution in [3.63, 3.8) is 0 Å². The number of rotatable bonds is 6. The van der Waals surface area contributed by atoms with Crippen LogP contribution in [0.5, 0.6) is 0 Å². The van der Waals surface area contributed by atoms with Crippen LogP contribution in [0.2, 0.25) is 0 Å². The molecule has 1 N–H and O–H groups in total. The van der Waals surface area contributed by atoms with Gasteiger partial charge in [0, 0.05) is 43.6 Å². The van der Waals surface area contributed by atoms with Gasteiger partial charge in [-0.05, 0) is 19.1 Å². The Kier molecular flexibility index (Phi) is 5.14. The number of para-hydroxylation sites is 1. The second-order valence-electron chi connectivity index (χ2n) is 6.38. The second kappa shape index (κ2) is 7.87. The lowest BCUT2D eigenvalue weighted by Crippen LogP contribution is -2.23. The minimum Gasteiger partial charge on any atom is -0.307 e. The zero-order chi connectivity index (χ0) is 19.5. The average molecular weight is 392 g/mol. The van der Waals surface area contributed by atoms with Crippen molar-refractivity contribution in [3.8, 4) is 16.4 Å². The van der Waals surface area contributed by atoms with E-state index in [0.717, 1.165) is 33.3 Å². The number of hydrogen-bond acceptors (Lipinski definition) is 6. The maximum atomic E-state index is 12.9. The SMILES string of the molecule is Cc1c(CNCc2csc(-c3cnccn3)n2)c(=O)n(-c2ccccc2)n1C. The van der Waals surface area contributed by atoms with Crippen molar-refractivity contribution in [2.75, 3.05) is 0 Å². The summed E-state index contributed by atoms with van der Waals surface area (Å²) in [6.45, 7) is 3.03. The average Bonchev–Trinajstić information content (AvgIpc) is 3.28. The molecule has 0 amide bonds. The van der Waals surface area contributed by atoms with Gasteiger partial charge in [-0.2, -0.15) is 0 Å². The molecule has 0 saturated heterocycles. The molecule has 4 aromatic rings. The summed E-state index contributed by atoms with van der Waals surface area (Å²) in [5, 5.41) is 6.18. The summed E-state index contributed by atoms with van der Waals surface area (Å²) in [5.41, 5.74) is 4.25. The zero-order valence-electron chi connectivity index (χ0n) is 15.7. The van der Waals surface area contributed by atoms with Gasteiger partial charge < -0.3 is 5.32 Å². The van der Waals surface area contributed by atoms with Gasteiger partial charge in [0.15, 0.2) is 0 Å².